The Morgan fingerprint density at radius 1 is 1.27 bits per heavy atom. The topological polar surface area (TPSA) is 111 Å². The molecule has 2 amide bonds. The number of benzene rings is 1. The van der Waals surface area contributed by atoms with Gasteiger partial charge in [0.15, 0.2) is 0 Å². The summed E-state index contributed by atoms with van der Waals surface area (Å²) in [7, 11) is 0. The van der Waals surface area contributed by atoms with Crippen molar-refractivity contribution in [3.05, 3.63) is 35.4 Å². The van der Waals surface area contributed by atoms with Crippen molar-refractivity contribution in [1.82, 2.24) is 16.1 Å². The van der Waals surface area contributed by atoms with Crippen LogP contribution in [0.3, 0.4) is 0 Å². The van der Waals surface area contributed by atoms with Crippen molar-refractivity contribution >= 4 is 11.8 Å². The van der Waals surface area contributed by atoms with E-state index in [4.69, 9.17) is 5.21 Å². The van der Waals surface area contributed by atoms with E-state index < -0.39 is 24.0 Å². The maximum atomic E-state index is 12.1. The zero-order valence-corrected chi connectivity index (χ0v) is 12.4. The van der Waals surface area contributed by atoms with Crippen LogP contribution >= 0.6 is 0 Å². The van der Waals surface area contributed by atoms with Crippen LogP contribution in [0.15, 0.2) is 24.3 Å². The van der Waals surface area contributed by atoms with Gasteiger partial charge in [-0.25, -0.2) is 5.48 Å². The van der Waals surface area contributed by atoms with Crippen LogP contribution < -0.4 is 16.1 Å². The van der Waals surface area contributed by atoms with Crippen molar-refractivity contribution < 1.29 is 19.9 Å². The lowest BCUT2D eigenvalue weighted by Gasteiger charge is -2.19. The molecule has 0 saturated heterocycles. The first-order valence-electron chi connectivity index (χ1n) is 7.26. The number of carbonyl (C=O) groups excluding carboxylic acids is 2. The van der Waals surface area contributed by atoms with E-state index in [0.29, 0.717) is 11.6 Å². The molecule has 1 aliphatic rings. The molecule has 1 saturated carbocycles. The fourth-order valence-corrected chi connectivity index (χ4v) is 2.02. The SMILES string of the molecule is CC(O)C(NC(=O)c1ccc(CNC2CC2)cc1)C(=O)NO. The van der Waals surface area contributed by atoms with Gasteiger partial charge >= 0.3 is 0 Å². The molecule has 0 bridgehead atoms. The number of hydrogen-bond acceptors (Lipinski definition) is 5. The minimum Gasteiger partial charge on any atom is -0.391 e. The van der Waals surface area contributed by atoms with Crippen molar-refractivity contribution in [2.24, 2.45) is 0 Å². The lowest BCUT2D eigenvalue weighted by atomic mass is 10.1. The maximum Gasteiger partial charge on any atom is 0.268 e. The second kappa shape index (κ2) is 7.35. The standard InChI is InChI=1S/C15H21N3O4/c1-9(19)13(15(21)18-22)17-14(20)11-4-2-10(3-5-11)8-16-12-6-7-12/h2-5,9,12-13,16,19,22H,6-8H2,1H3,(H,17,20)(H,18,21). The zero-order valence-electron chi connectivity index (χ0n) is 12.4. The molecule has 2 unspecified atom stereocenters. The van der Waals surface area contributed by atoms with Gasteiger partial charge in [-0.05, 0) is 37.5 Å². The van der Waals surface area contributed by atoms with Gasteiger partial charge in [0.1, 0.15) is 6.04 Å². The van der Waals surface area contributed by atoms with Crippen LogP contribution in [0.1, 0.15) is 35.7 Å². The van der Waals surface area contributed by atoms with Crippen molar-refractivity contribution in [3.63, 3.8) is 0 Å². The van der Waals surface area contributed by atoms with Gasteiger partial charge in [-0.1, -0.05) is 12.1 Å². The molecule has 0 heterocycles. The molecular formula is C15H21N3O4. The normalized spacial score (nSPS) is 16.7. The Morgan fingerprint density at radius 2 is 1.91 bits per heavy atom. The van der Waals surface area contributed by atoms with E-state index in [2.05, 4.69) is 10.6 Å². The number of aliphatic hydroxyl groups is 1. The highest BCUT2D eigenvalue weighted by Crippen LogP contribution is 2.19. The van der Waals surface area contributed by atoms with Crippen LogP contribution in [-0.2, 0) is 11.3 Å². The second-order valence-corrected chi connectivity index (χ2v) is 5.52. The monoisotopic (exact) mass is 307 g/mol. The van der Waals surface area contributed by atoms with Crippen molar-refractivity contribution in [3.8, 4) is 0 Å². The lowest BCUT2D eigenvalue weighted by molar-refractivity contribution is -0.133. The number of carbonyl (C=O) groups is 2. The Kier molecular flexibility index (Phi) is 5.48. The Labute approximate surface area is 128 Å². The Balaban J connectivity index is 1.94. The molecule has 2 rings (SSSR count). The fourth-order valence-electron chi connectivity index (χ4n) is 2.02. The van der Waals surface area contributed by atoms with E-state index in [9.17, 15) is 14.7 Å². The maximum absolute atomic E-state index is 12.1. The van der Waals surface area contributed by atoms with Gasteiger partial charge in [-0.15, -0.1) is 0 Å². The van der Waals surface area contributed by atoms with Crippen LogP contribution in [0.25, 0.3) is 0 Å². The van der Waals surface area contributed by atoms with Crippen LogP contribution in [0.5, 0.6) is 0 Å². The summed E-state index contributed by atoms with van der Waals surface area (Å²) in [5.41, 5.74) is 2.88. The summed E-state index contributed by atoms with van der Waals surface area (Å²) in [6, 6.07) is 6.41. The Hall–Kier alpha value is -1.96. The second-order valence-electron chi connectivity index (χ2n) is 5.52. The Morgan fingerprint density at radius 3 is 2.41 bits per heavy atom. The van der Waals surface area contributed by atoms with E-state index >= 15 is 0 Å². The van der Waals surface area contributed by atoms with Crippen molar-refractivity contribution in [2.45, 2.75) is 44.5 Å². The number of hydrogen-bond donors (Lipinski definition) is 5. The van der Waals surface area contributed by atoms with E-state index in [1.165, 1.54) is 25.2 Å². The molecule has 7 nitrogen and oxygen atoms in total. The molecule has 0 spiro atoms. The summed E-state index contributed by atoms with van der Waals surface area (Å²) in [6.07, 6.45) is 1.31. The third-order valence-electron chi connectivity index (χ3n) is 3.55. The lowest BCUT2D eigenvalue weighted by Crippen LogP contribution is -2.51. The fraction of sp³-hybridized carbons (Fsp3) is 0.467. The molecule has 0 radical (unpaired) electrons. The number of rotatable bonds is 7. The first-order valence-corrected chi connectivity index (χ1v) is 7.26. The molecule has 1 aromatic carbocycles. The summed E-state index contributed by atoms with van der Waals surface area (Å²) >= 11 is 0. The smallest absolute Gasteiger partial charge is 0.268 e. The molecule has 0 aliphatic heterocycles. The molecule has 7 heteroatoms. The number of nitrogens with one attached hydrogen (secondary N) is 3. The summed E-state index contributed by atoms with van der Waals surface area (Å²) in [4.78, 5) is 23.5. The molecule has 5 N–H and O–H groups in total. The third kappa shape index (κ3) is 4.52. The molecule has 22 heavy (non-hydrogen) atoms. The highest BCUT2D eigenvalue weighted by molar-refractivity contribution is 5.97. The highest BCUT2D eigenvalue weighted by atomic mass is 16.5. The molecule has 0 aromatic heterocycles. The van der Waals surface area contributed by atoms with Crippen molar-refractivity contribution in [2.75, 3.05) is 0 Å². The summed E-state index contributed by atoms with van der Waals surface area (Å²) in [5, 5.41) is 23.9. The van der Waals surface area contributed by atoms with Gasteiger partial charge in [0, 0.05) is 18.2 Å². The van der Waals surface area contributed by atoms with Crippen LogP contribution in [0.2, 0.25) is 0 Å². The summed E-state index contributed by atoms with van der Waals surface area (Å²) in [6.45, 7) is 2.11. The molecule has 120 valence electrons. The van der Waals surface area contributed by atoms with E-state index in [-0.39, 0.29) is 0 Å². The van der Waals surface area contributed by atoms with Crippen LogP contribution in [-0.4, -0.2) is 40.3 Å². The minimum absolute atomic E-state index is 0.381. The van der Waals surface area contributed by atoms with Gasteiger partial charge in [0.2, 0.25) is 0 Å². The molecule has 1 aliphatic carbocycles. The first kappa shape index (κ1) is 16.4. The van der Waals surface area contributed by atoms with Gasteiger partial charge < -0.3 is 15.7 Å². The largest absolute Gasteiger partial charge is 0.391 e. The van der Waals surface area contributed by atoms with Crippen LogP contribution in [0, 0.1) is 0 Å². The van der Waals surface area contributed by atoms with E-state index in [1.54, 1.807) is 12.1 Å². The minimum atomic E-state index is -1.21. The predicted octanol–water partition coefficient (Wildman–Crippen LogP) is -0.0768. The molecule has 2 atom stereocenters. The quantitative estimate of drug-likeness (QED) is 0.357. The number of hydroxylamine groups is 1. The van der Waals surface area contributed by atoms with Crippen LogP contribution in [0.4, 0.5) is 0 Å². The van der Waals surface area contributed by atoms with Crippen molar-refractivity contribution in [1.29, 1.82) is 0 Å². The van der Waals surface area contributed by atoms with E-state index in [1.807, 2.05) is 12.1 Å². The number of amides is 2. The van der Waals surface area contributed by atoms with Gasteiger partial charge in [-0.2, -0.15) is 0 Å². The first-order chi connectivity index (χ1) is 10.5. The molecule has 1 fully saturated rings. The zero-order chi connectivity index (χ0) is 16.1. The molecular weight excluding hydrogens is 286 g/mol. The average molecular weight is 307 g/mol. The van der Waals surface area contributed by atoms with Gasteiger partial charge in [0.05, 0.1) is 6.10 Å². The Bertz CT molecular complexity index is 526. The van der Waals surface area contributed by atoms with Gasteiger partial charge in [0.25, 0.3) is 11.8 Å². The summed E-state index contributed by atoms with van der Waals surface area (Å²) in [5.74, 6) is -1.36. The van der Waals surface area contributed by atoms with E-state index in [0.717, 1.165) is 12.1 Å². The highest BCUT2D eigenvalue weighted by Gasteiger charge is 2.25. The summed E-state index contributed by atoms with van der Waals surface area (Å²) < 4.78 is 0. The predicted molar refractivity (Wildman–Crippen MR) is 79.2 cm³/mol. The third-order valence-corrected chi connectivity index (χ3v) is 3.55. The molecule has 1 aromatic rings. The average Bonchev–Trinajstić information content (AvgIpc) is 3.34. The van der Waals surface area contributed by atoms with Gasteiger partial charge in [-0.3, -0.25) is 14.8 Å². The number of aliphatic hydroxyl groups excluding tert-OH is 1.